The third-order valence-electron chi connectivity index (χ3n) is 2.94. The predicted octanol–water partition coefficient (Wildman–Crippen LogP) is 1.34. The fourth-order valence-electron chi connectivity index (χ4n) is 1.45. The van der Waals surface area contributed by atoms with Gasteiger partial charge in [-0.25, -0.2) is 0 Å². The number of amides is 1. The summed E-state index contributed by atoms with van der Waals surface area (Å²) in [5.74, 6) is 0.0227. The van der Waals surface area contributed by atoms with Crippen LogP contribution < -0.4 is 11.1 Å². The number of H-pyrrole nitrogens is 1. The molecule has 0 bridgehead atoms. The number of nitrogens with one attached hydrogen (secondary N) is 2. The summed E-state index contributed by atoms with van der Waals surface area (Å²) in [5.41, 5.74) is 8.21. The molecule has 1 aromatic rings. The van der Waals surface area contributed by atoms with Gasteiger partial charge in [0.25, 0.3) is 0 Å². The van der Waals surface area contributed by atoms with E-state index in [4.69, 9.17) is 5.73 Å². The van der Waals surface area contributed by atoms with Crippen molar-refractivity contribution in [3.05, 3.63) is 11.4 Å². The Morgan fingerprint density at radius 3 is 2.62 bits per heavy atom. The van der Waals surface area contributed by atoms with Gasteiger partial charge in [-0.1, -0.05) is 20.3 Å². The Hall–Kier alpha value is -1.36. The summed E-state index contributed by atoms with van der Waals surface area (Å²) in [4.78, 5) is 11.8. The largest absolute Gasteiger partial charge is 0.322 e. The lowest BCUT2D eigenvalue weighted by Gasteiger charge is -2.17. The molecule has 0 fully saturated rings. The van der Waals surface area contributed by atoms with E-state index in [1.165, 1.54) is 0 Å². The molecule has 0 saturated heterocycles. The van der Waals surface area contributed by atoms with Crippen molar-refractivity contribution >= 4 is 11.6 Å². The molecule has 0 aliphatic carbocycles. The van der Waals surface area contributed by atoms with Gasteiger partial charge in [-0.05, 0) is 19.8 Å². The Morgan fingerprint density at radius 1 is 1.56 bits per heavy atom. The number of hydrogen-bond acceptors (Lipinski definition) is 3. The highest BCUT2D eigenvalue weighted by atomic mass is 16.2. The lowest BCUT2D eigenvalue weighted by molar-refractivity contribution is -0.118. The van der Waals surface area contributed by atoms with Gasteiger partial charge in [0.2, 0.25) is 5.91 Å². The average Bonchev–Trinajstić information content (AvgIpc) is 2.58. The molecule has 0 radical (unpaired) electrons. The highest BCUT2D eigenvalue weighted by molar-refractivity contribution is 5.95. The highest BCUT2D eigenvalue weighted by Crippen LogP contribution is 2.17. The van der Waals surface area contributed by atoms with Crippen molar-refractivity contribution in [1.82, 2.24) is 10.2 Å². The third kappa shape index (κ3) is 2.61. The maximum atomic E-state index is 11.8. The Morgan fingerprint density at radius 2 is 2.19 bits per heavy atom. The van der Waals surface area contributed by atoms with Crippen LogP contribution in [0.5, 0.6) is 0 Å². The lowest BCUT2D eigenvalue weighted by atomic mass is 9.99. The van der Waals surface area contributed by atoms with Gasteiger partial charge in [-0.2, -0.15) is 5.10 Å². The van der Waals surface area contributed by atoms with Gasteiger partial charge in [-0.15, -0.1) is 0 Å². The topological polar surface area (TPSA) is 83.8 Å². The van der Waals surface area contributed by atoms with Gasteiger partial charge in [-0.3, -0.25) is 9.89 Å². The first-order valence-electron chi connectivity index (χ1n) is 5.55. The first kappa shape index (κ1) is 12.7. The van der Waals surface area contributed by atoms with E-state index in [1.807, 2.05) is 27.7 Å². The smallest absolute Gasteiger partial charge is 0.241 e. The van der Waals surface area contributed by atoms with Crippen molar-refractivity contribution in [3.63, 3.8) is 0 Å². The molecule has 0 aliphatic heterocycles. The SMILES string of the molecule is CC[C@H](C)[C@H](N)C(=O)Nc1c(C)n[nH]c1C. The molecule has 1 aromatic heterocycles. The molecule has 1 rings (SSSR count). The molecule has 1 heterocycles. The second-order valence-electron chi connectivity index (χ2n) is 4.21. The second kappa shape index (κ2) is 5.12. The Labute approximate surface area is 95.8 Å². The maximum absolute atomic E-state index is 11.8. The van der Waals surface area contributed by atoms with E-state index < -0.39 is 6.04 Å². The number of nitrogens with zero attached hydrogens (tertiary/aromatic N) is 1. The molecule has 4 N–H and O–H groups in total. The molecule has 90 valence electrons. The fraction of sp³-hybridized carbons (Fsp3) is 0.636. The van der Waals surface area contributed by atoms with E-state index in [0.29, 0.717) is 0 Å². The average molecular weight is 224 g/mol. The van der Waals surface area contributed by atoms with Crippen molar-refractivity contribution in [2.24, 2.45) is 11.7 Å². The van der Waals surface area contributed by atoms with Crippen LogP contribution in [0.1, 0.15) is 31.7 Å². The summed E-state index contributed by atoms with van der Waals surface area (Å²) in [6.45, 7) is 7.70. The molecular weight excluding hydrogens is 204 g/mol. The Bertz CT molecular complexity index is 353. The van der Waals surface area contributed by atoms with Crippen molar-refractivity contribution in [2.75, 3.05) is 5.32 Å². The molecule has 0 unspecified atom stereocenters. The molecule has 5 nitrogen and oxygen atoms in total. The third-order valence-corrected chi connectivity index (χ3v) is 2.94. The van der Waals surface area contributed by atoms with Gasteiger partial charge >= 0.3 is 0 Å². The minimum atomic E-state index is -0.473. The number of carbonyl (C=O) groups excluding carboxylic acids is 1. The van der Waals surface area contributed by atoms with E-state index in [-0.39, 0.29) is 11.8 Å². The number of carbonyl (C=O) groups is 1. The summed E-state index contributed by atoms with van der Waals surface area (Å²) >= 11 is 0. The number of aromatic nitrogens is 2. The number of aryl methyl sites for hydroxylation is 2. The van der Waals surface area contributed by atoms with Gasteiger partial charge in [0.1, 0.15) is 0 Å². The zero-order valence-corrected chi connectivity index (χ0v) is 10.3. The molecule has 16 heavy (non-hydrogen) atoms. The quantitative estimate of drug-likeness (QED) is 0.721. The van der Waals surface area contributed by atoms with Crippen molar-refractivity contribution in [2.45, 2.75) is 40.2 Å². The van der Waals surface area contributed by atoms with Crippen LogP contribution in [0.2, 0.25) is 0 Å². The van der Waals surface area contributed by atoms with Gasteiger partial charge < -0.3 is 11.1 Å². The van der Waals surface area contributed by atoms with E-state index in [1.54, 1.807) is 0 Å². The summed E-state index contributed by atoms with van der Waals surface area (Å²) in [7, 11) is 0. The van der Waals surface area contributed by atoms with Crippen LogP contribution in [-0.2, 0) is 4.79 Å². The van der Waals surface area contributed by atoms with Crippen LogP contribution in [0.25, 0.3) is 0 Å². The van der Waals surface area contributed by atoms with E-state index >= 15 is 0 Å². The van der Waals surface area contributed by atoms with Crippen molar-refractivity contribution in [3.8, 4) is 0 Å². The normalized spacial score (nSPS) is 14.6. The van der Waals surface area contributed by atoms with Crippen molar-refractivity contribution < 1.29 is 4.79 Å². The molecular formula is C11H20N4O. The van der Waals surface area contributed by atoms with Crippen LogP contribution in [0, 0.1) is 19.8 Å². The molecule has 5 heteroatoms. The number of nitrogens with two attached hydrogens (primary N) is 1. The molecule has 0 aliphatic rings. The van der Waals surface area contributed by atoms with E-state index in [0.717, 1.165) is 23.5 Å². The van der Waals surface area contributed by atoms with Crippen LogP contribution in [0.3, 0.4) is 0 Å². The first-order chi connectivity index (χ1) is 7.47. The summed E-state index contributed by atoms with van der Waals surface area (Å²) in [6, 6.07) is -0.473. The summed E-state index contributed by atoms with van der Waals surface area (Å²) in [5, 5.41) is 9.65. The number of rotatable bonds is 4. The zero-order chi connectivity index (χ0) is 12.3. The minimum Gasteiger partial charge on any atom is -0.322 e. The van der Waals surface area contributed by atoms with Crippen LogP contribution in [-0.4, -0.2) is 22.1 Å². The number of anilines is 1. The predicted molar refractivity (Wildman–Crippen MR) is 64.1 cm³/mol. The van der Waals surface area contributed by atoms with Crippen LogP contribution in [0.15, 0.2) is 0 Å². The van der Waals surface area contributed by atoms with Crippen molar-refractivity contribution in [1.29, 1.82) is 0 Å². The summed E-state index contributed by atoms with van der Waals surface area (Å²) < 4.78 is 0. The minimum absolute atomic E-state index is 0.151. The van der Waals surface area contributed by atoms with Crippen LogP contribution in [0.4, 0.5) is 5.69 Å². The standard InChI is InChI=1S/C11H20N4O/c1-5-6(2)9(12)11(16)13-10-7(3)14-15-8(10)4/h6,9H,5,12H2,1-4H3,(H,13,16)(H,14,15)/t6-,9-/m0/s1. The fourth-order valence-corrected chi connectivity index (χ4v) is 1.45. The van der Waals surface area contributed by atoms with Gasteiger partial charge in [0.05, 0.1) is 23.1 Å². The zero-order valence-electron chi connectivity index (χ0n) is 10.3. The van der Waals surface area contributed by atoms with Gasteiger partial charge in [0.15, 0.2) is 0 Å². The Kier molecular flexibility index (Phi) is 4.06. The number of aromatic amines is 1. The Balaban J connectivity index is 2.71. The summed E-state index contributed by atoms with van der Waals surface area (Å²) in [6.07, 6.45) is 0.887. The van der Waals surface area contributed by atoms with Crippen LogP contribution >= 0.6 is 0 Å². The lowest BCUT2D eigenvalue weighted by Crippen LogP contribution is -2.40. The molecule has 0 spiro atoms. The molecule has 0 aromatic carbocycles. The second-order valence-corrected chi connectivity index (χ2v) is 4.21. The molecule has 2 atom stereocenters. The van der Waals surface area contributed by atoms with E-state index in [9.17, 15) is 4.79 Å². The molecule has 0 saturated carbocycles. The highest BCUT2D eigenvalue weighted by Gasteiger charge is 2.21. The van der Waals surface area contributed by atoms with Gasteiger partial charge in [0, 0.05) is 0 Å². The monoisotopic (exact) mass is 224 g/mol. The van der Waals surface area contributed by atoms with E-state index in [2.05, 4.69) is 15.5 Å². The number of hydrogen-bond donors (Lipinski definition) is 3. The molecule has 1 amide bonds. The first-order valence-corrected chi connectivity index (χ1v) is 5.55. The maximum Gasteiger partial charge on any atom is 0.241 e.